The van der Waals surface area contributed by atoms with Crippen molar-refractivity contribution >= 4 is 11.3 Å². The first-order chi connectivity index (χ1) is 8.22. The number of aromatic nitrogens is 2. The van der Waals surface area contributed by atoms with Crippen molar-refractivity contribution in [3.05, 3.63) is 45.9 Å². The summed E-state index contributed by atoms with van der Waals surface area (Å²) in [5, 5.41) is 10.6. The lowest BCUT2D eigenvalue weighted by molar-refractivity contribution is 0.763. The SMILES string of the molecule is CC(N)c1nnc(C2(c3ccccc3)CC2)s1. The molecule has 0 aliphatic heterocycles. The maximum absolute atomic E-state index is 5.84. The summed E-state index contributed by atoms with van der Waals surface area (Å²) in [6.45, 7) is 1.95. The lowest BCUT2D eigenvalue weighted by Gasteiger charge is -2.11. The van der Waals surface area contributed by atoms with Crippen LogP contribution in [-0.2, 0) is 5.41 Å². The highest BCUT2D eigenvalue weighted by Gasteiger charge is 2.48. The molecular weight excluding hydrogens is 230 g/mol. The van der Waals surface area contributed by atoms with Crippen LogP contribution in [0, 0.1) is 0 Å². The second kappa shape index (κ2) is 3.89. The molecule has 1 heterocycles. The Hall–Kier alpha value is -1.26. The molecule has 88 valence electrons. The van der Waals surface area contributed by atoms with Gasteiger partial charge in [0, 0.05) is 5.41 Å². The smallest absolute Gasteiger partial charge is 0.134 e. The van der Waals surface area contributed by atoms with Gasteiger partial charge in [0.15, 0.2) is 0 Å². The monoisotopic (exact) mass is 245 g/mol. The zero-order chi connectivity index (χ0) is 11.9. The summed E-state index contributed by atoms with van der Waals surface area (Å²) in [6, 6.07) is 10.6. The zero-order valence-corrected chi connectivity index (χ0v) is 10.6. The third kappa shape index (κ3) is 1.77. The van der Waals surface area contributed by atoms with E-state index in [0.29, 0.717) is 0 Å². The molecule has 1 fully saturated rings. The topological polar surface area (TPSA) is 51.8 Å². The second-order valence-electron chi connectivity index (χ2n) is 4.68. The van der Waals surface area contributed by atoms with Crippen molar-refractivity contribution in [3.63, 3.8) is 0 Å². The van der Waals surface area contributed by atoms with Gasteiger partial charge in [-0.2, -0.15) is 0 Å². The molecule has 1 unspecified atom stereocenters. The molecular formula is C13H15N3S. The molecule has 0 spiro atoms. The minimum absolute atomic E-state index is 0.0205. The van der Waals surface area contributed by atoms with Crippen LogP contribution in [0.25, 0.3) is 0 Å². The molecule has 4 heteroatoms. The highest BCUT2D eigenvalue weighted by Crippen LogP contribution is 2.54. The Labute approximate surface area is 105 Å². The minimum Gasteiger partial charge on any atom is -0.322 e. The van der Waals surface area contributed by atoms with Gasteiger partial charge in [0.25, 0.3) is 0 Å². The minimum atomic E-state index is -0.0205. The summed E-state index contributed by atoms with van der Waals surface area (Å²) in [7, 11) is 0. The van der Waals surface area contributed by atoms with Gasteiger partial charge in [0.05, 0.1) is 6.04 Å². The zero-order valence-electron chi connectivity index (χ0n) is 9.76. The maximum Gasteiger partial charge on any atom is 0.134 e. The predicted octanol–water partition coefficient (Wildman–Crippen LogP) is 2.64. The maximum atomic E-state index is 5.84. The fraction of sp³-hybridized carbons (Fsp3) is 0.385. The van der Waals surface area contributed by atoms with Crippen LogP contribution in [0.1, 0.15) is 41.4 Å². The van der Waals surface area contributed by atoms with E-state index in [1.807, 2.05) is 13.0 Å². The molecule has 1 aliphatic rings. The summed E-state index contributed by atoms with van der Waals surface area (Å²) >= 11 is 1.66. The molecule has 17 heavy (non-hydrogen) atoms. The Bertz CT molecular complexity index is 514. The Balaban J connectivity index is 1.98. The van der Waals surface area contributed by atoms with Gasteiger partial charge in [-0.3, -0.25) is 0 Å². The van der Waals surface area contributed by atoms with Crippen LogP contribution < -0.4 is 5.73 Å². The Morgan fingerprint density at radius 2 is 1.94 bits per heavy atom. The van der Waals surface area contributed by atoms with Gasteiger partial charge in [0.1, 0.15) is 10.0 Å². The van der Waals surface area contributed by atoms with Crippen molar-refractivity contribution in [2.45, 2.75) is 31.2 Å². The molecule has 1 atom stereocenters. The number of nitrogens with two attached hydrogens (primary N) is 1. The first kappa shape index (κ1) is 10.9. The van der Waals surface area contributed by atoms with Gasteiger partial charge in [0.2, 0.25) is 0 Å². The van der Waals surface area contributed by atoms with Gasteiger partial charge in [-0.15, -0.1) is 10.2 Å². The normalized spacial score (nSPS) is 18.9. The van der Waals surface area contributed by atoms with Crippen LogP contribution in [0.4, 0.5) is 0 Å². The van der Waals surface area contributed by atoms with Crippen molar-refractivity contribution in [1.29, 1.82) is 0 Å². The van der Waals surface area contributed by atoms with Crippen LogP contribution in [-0.4, -0.2) is 10.2 Å². The summed E-state index contributed by atoms with van der Waals surface area (Å²) in [6.07, 6.45) is 2.34. The highest BCUT2D eigenvalue weighted by atomic mass is 32.1. The van der Waals surface area contributed by atoms with Crippen molar-refractivity contribution in [1.82, 2.24) is 10.2 Å². The quantitative estimate of drug-likeness (QED) is 0.904. The van der Waals surface area contributed by atoms with E-state index in [-0.39, 0.29) is 11.5 Å². The summed E-state index contributed by atoms with van der Waals surface area (Å²) in [5.74, 6) is 0. The first-order valence-electron chi connectivity index (χ1n) is 5.87. The third-order valence-electron chi connectivity index (χ3n) is 3.32. The molecule has 0 radical (unpaired) electrons. The second-order valence-corrected chi connectivity index (χ2v) is 5.69. The van der Waals surface area contributed by atoms with Crippen LogP contribution >= 0.6 is 11.3 Å². The lowest BCUT2D eigenvalue weighted by Crippen LogP contribution is -2.07. The highest BCUT2D eigenvalue weighted by molar-refractivity contribution is 7.11. The average Bonchev–Trinajstić information content (AvgIpc) is 3.00. The number of benzene rings is 1. The lowest BCUT2D eigenvalue weighted by atomic mass is 9.97. The van der Waals surface area contributed by atoms with Gasteiger partial charge < -0.3 is 5.73 Å². The molecule has 1 aromatic carbocycles. The number of hydrogen-bond acceptors (Lipinski definition) is 4. The predicted molar refractivity (Wildman–Crippen MR) is 69.0 cm³/mol. The standard InChI is InChI=1S/C13H15N3S/c1-9(14)11-15-16-12(17-11)13(7-8-13)10-5-3-2-4-6-10/h2-6,9H,7-8,14H2,1H3. The van der Waals surface area contributed by atoms with E-state index in [1.165, 1.54) is 18.4 Å². The molecule has 3 nitrogen and oxygen atoms in total. The van der Waals surface area contributed by atoms with Gasteiger partial charge in [-0.05, 0) is 25.3 Å². The molecule has 1 aliphatic carbocycles. The van der Waals surface area contributed by atoms with Gasteiger partial charge in [-0.25, -0.2) is 0 Å². The fourth-order valence-corrected chi connectivity index (χ4v) is 3.18. The molecule has 0 bridgehead atoms. The van der Waals surface area contributed by atoms with E-state index in [9.17, 15) is 0 Å². The summed E-state index contributed by atoms with van der Waals surface area (Å²) < 4.78 is 0. The van der Waals surface area contributed by atoms with E-state index < -0.39 is 0 Å². The Morgan fingerprint density at radius 1 is 1.24 bits per heavy atom. The first-order valence-corrected chi connectivity index (χ1v) is 6.69. The van der Waals surface area contributed by atoms with Crippen LogP contribution in [0.5, 0.6) is 0 Å². The Kier molecular flexibility index (Phi) is 2.49. The number of nitrogens with zero attached hydrogens (tertiary/aromatic N) is 2. The van der Waals surface area contributed by atoms with E-state index >= 15 is 0 Å². The largest absolute Gasteiger partial charge is 0.322 e. The van der Waals surface area contributed by atoms with Crippen molar-refractivity contribution < 1.29 is 0 Å². The molecule has 2 aromatic rings. The number of hydrogen-bond donors (Lipinski definition) is 1. The molecule has 1 aromatic heterocycles. The van der Waals surface area contributed by atoms with Gasteiger partial charge in [-0.1, -0.05) is 41.7 Å². The summed E-state index contributed by atoms with van der Waals surface area (Å²) in [5.41, 5.74) is 7.32. The Morgan fingerprint density at radius 3 is 2.47 bits per heavy atom. The summed E-state index contributed by atoms with van der Waals surface area (Å²) in [4.78, 5) is 0. The van der Waals surface area contributed by atoms with E-state index in [4.69, 9.17) is 5.73 Å². The van der Waals surface area contributed by atoms with Crippen molar-refractivity contribution in [2.24, 2.45) is 5.73 Å². The van der Waals surface area contributed by atoms with Crippen LogP contribution in [0.2, 0.25) is 0 Å². The molecule has 1 saturated carbocycles. The van der Waals surface area contributed by atoms with Gasteiger partial charge >= 0.3 is 0 Å². The van der Waals surface area contributed by atoms with Crippen LogP contribution in [0.15, 0.2) is 30.3 Å². The van der Waals surface area contributed by atoms with E-state index in [2.05, 4.69) is 34.5 Å². The van der Waals surface area contributed by atoms with Crippen LogP contribution in [0.3, 0.4) is 0 Å². The fourth-order valence-electron chi connectivity index (χ4n) is 2.12. The van der Waals surface area contributed by atoms with Crippen molar-refractivity contribution in [3.8, 4) is 0 Å². The van der Waals surface area contributed by atoms with Crippen molar-refractivity contribution in [2.75, 3.05) is 0 Å². The molecule has 3 rings (SSSR count). The third-order valence-corrected chi connectivity index (χ3v) is 4.64. The average molecular weight is 245 g/mol. The molecule has 0 saturated heterocycles. The van der Waals surface area contributed by atoms with E-state index in [0.717, 1.165) is 10.0 Å². The van der Waals surface area contributed by atoms with E-state index in [1.54, 1.807) is 11.3 Å². The molecule has 0 amide bonds. The molecule has 2 N–H and O–H groups in total. The number of rotatable bonds is 3.